The highest BCUT2D eigenvalue weighted by Gasteiger charge is 2.17. The molecule has 0 spiro atoms. The van der Waals surface area contributed by atoms with Crippen molar-refractivity contribution in [2.45, 2.75) is 16.6 Å². The zero-order valence-electron chi connectivity index (χ0n) is 8.91. The van der Waals surface area contributed by atoms with Crippen molar-refractivity contribution in [2.75, 3.05) is 13.4 Å². The number of alkyl halides is 1. The van der Waals surface area contributed by atoms with Crippen molar-refractivity contribution in [1.82, 2.24) is 0 Å². The van der Waals surface area contributed by atoms with Crippen molar-refractivity contribution in [3.05, 3.63) is 23.8 Å². The van der Waals surface area contributed by atoms with Gasteiger partial charge < -0.3 is 4.74 Å². The van der Waals surface area contributed by atoms with E-state index in [4.69, 9.17) is 4.74 Å². The van der Waals surface area contributed by atoms with Gasteiger partial charge in [-0.25, -0.2) is 0 Å². The molecule has 0 fully saturated rings. The second-order valence-electron chi connectivity index (χ2n) is 3.05. The number of rotatable bonds is 4. The number of hydrogen-bond acceptors (Lipinski definition) is 3. The van der Waals surface area contributed by atoms with E-state index in [1.54, 1.807) is 18.9 Å². The second-order valence-corrected chi connectivity index (χ2v) is 5.30. The van der Waals surface area contributed by atoms with E-state index in [-0.39, 0.29) is 10.6 Å². The summed E-state index contributed by atoms with van der Waals surface area (Å²) in [5.41, 5.74) is 0.633. The molecule has 15 heavy (non-hydrogen) atoms. The zero-order chi connectivity index (χ0) is 11.4. The molecule has 1 aromatic rings. The monoisotopic (exact) mass is 288 g/mol. The molecular weight excluding hydrogens is 276 g/mol. The molecule has 0 aromatic heterocycles. The third kappa shape index (κ3) is 2.98. The summed E-state index contributed by atoms with van der Waals surface area (Å²) in [6.07, 6.45) is 1.98. The number of thioether (sulfide) groups is 1. The Morgan fingerprint density at radius 2 is 2.20 bits per heavy atom. The number of ether oxygens (including phenoxy) is 1. The van der Waals surface area contributed by atoms with Crippen LogP contribution < -0.4 is 4.74 Å². The molecule has 0 aliphatic rings. The van der Waals surface area contributed by atoms with Gasteiger partial charge in [-0.2, -0.15) is 0 Å². The largest absolute Gasteiger partial charge is 0.496 e. The zero-order valence-corrected chi connectivity index (χ0v) is 11.3. The van der Waals surface area contributed by atoms with Crippen LogP contribution >= 0.6 is 27.7 Å². The average molecular weight is 289 g/mol. The summed E-state index contributed by atoms with van der Waals surface area (Å²) in [7, 11) is 1.57. The van der Waals surface area contributed by atoms with Gasteiger partial charge in [0, 0.05) is 4.90 Å². The van der Waals surface area contributed by atoms with Crippen molar-refractivity contribution >= 4 is 33.5 Å². The van der Waals surface area contributed by atoms with E-state index in [1.165, 1.54) is 0 Å². The Labute approximate surface area is 103 Å². The summed E-state index contributed by atoms with van der Waals surface area (Å²) in [4.78, 5) is 12.7. The van der Waals surface area contributed by atoms with Gasteiger partial charge in [-0.1, -0.05) is 15.9 Å². The lowest BCUT2D eigenvalue weighted by Gasteiger charge is -2.10. The Bertz CT molecular complexity index is 364. The van der Waals surface area contributed by atoms with Gasteiger partial charge in [0.15, 0.2) is 5.78 Å². The molecule has 1 rings (SSSR count). The molecule has 1 unspecified atom stereocenters. The van der Waals surface area contributed by atoms with Crippen LogP contribution in [0.1, 0.15) is 17.3 Å². The van der Waals surface area contributed by atoms with E-state index in [0.717, 1.165) is 4.90 Å². The summed E-state index contributed by atoms with van der Waals surface area (Å²) in [5, 5.41) is 0. The van der Waals surface area contributed by atoms with Gasteiger partial charge in [-0.3, -0.25) is 4.79 Å². The molecule has 2 nitrogen and oxygen atoms in total. The van der Waals surface area contributed by atoms with Gasteiger partial charge in [0.1, 0.15) is 5.75 Å². The lowest BCUT2D eigenvalue weighted by atomic mass is 10.1. The molecular formula is C11H13BrO2S. The molecule has 0 amide bonds. The molecule has 1 aromatic carbocycles. The first-order valence-corrected chi connectivity index (χ1v) is 6.64. The Kier molecular flexibility index (Phi) is 4.67. The summed E-state index contributed by atoms with van der Waals surface area (Å²) in [6.45, 7) is 1.81. The summed E-state index contributed by atoms with van der Waals surface area (Å²) in [6, 6.07) is 5.64. The molecule has 0 aliphatic heterocycles. The quantitative estimate of drug-likeness (QED) is 0.483. The molecule has 0 aliphatic carbocycles. The molecule has 0 radical (unpaired) electrons. The molecule has 0 heterocycles. The number of benzene rings is 1. The van der Waals surface area contributed by atoms with Crippen LogP contribution in [0.4, 0.5) is 0 Å². The predicted octanol–water partition coefficient (Wildman–Crippen LogP) is 3.38. The van der Waals surface area contributed by atoms with Crippen LogP contribution in [-0.2, 0) is 0 Å². The van der Waals surface area contributed by atoms with Crippen molar-refractivity contribution < 1.29 is 9.53 Å². The molecule has 0 saturated heterocycles. The highest BCUT2D eigenvalue weighted by molar-refractivity contribution is 9.10. The van der Waals surface area contributed by atoms with E-state index in [1.807, 2.05) is 31.4 Å². The van der Waals surface area contributed by atoms with Crippen LogP contribution in [0.25, 0.3) is 0 Å². The summed E-state index contributed by atoms with van der Waals surface area (Å²) in [5.74, 6) is 0.673. The van der Waals surface area contributed by atoms with Crippen LogP contribution in [-0.4, -0.2) is 24.0 Å². The number of Topliss-reactive ketones (excluding diaryl/α,β-unsaturated/α-hetero) is 1. The van der Waals surface area contributed by atoms with E-state index in [0.29, 0.717) is 11.3 Å². The number of ketones is 1. The highest BCUT2D eigenvalue weighted by atomic mass is 79.9. The topological polar surface area (TPSA) is 26.3 Å². The minimum Gasteiger partial charge on any atom is -0.496 e. The predicted molar refractivity (Wildman–Crippen MR) is 67.5 cm³/mol. The Morgan fingerprint density at radius 3 is 2.67 bits per heavy atom. The van der Waals surface area contributed by atoms with E-state index < -0.39 is 0 Å². The minimum absolute atomic E-state index is 0.0442. The second kappa shape index (κ2) is 5.56. The maximum absolute atomic E-state index is 11.9. The maximum Gasteiger partial charge on any atom is 0.179 e. The van der Waals surface area contributed by atoms with Crippen LogP contribution in [0.5, 0.6) is 5.75 Å². The van der Waals surface area contributed by atoms with Crippen molar-refractivity contribution in [2.24, 2.45) is 0 Å². The lowest BCUT2D eigenvalue weighted by Crippen LogP contribution is -2.11. The van der Waals surface area contributed by atoms with Gasteiger partial charge in [-0.15, -0.1) is 11.8 Å². The molecule has 0 N–H and O–H groups in total. The van der Waals surface area contributed by atoms with Crippen molar-refractivity contribution in [3.8, 4) is 5.75 Å². The fraction of sp³-hybridized carbons (Fsp3) is 0.364. The SMILES string of the molecule is COc1ccc(SC)cc1C(=O)C(C)Br. The number of methoxy groups -OCH3 is 1. The lowest BCUT2D eigenvalue weighted by molar-refractivity contribution is 0.0992. The van der Waals surface area contributed by atoms with Crippen LogP contribution in [0, 0.1) is 0 Å². The summed E-state index contributed by atoms with van der Waals surface area (Å²) < 4.78 is 5.17. The fourth-order valence-corrected chi connectivity index (χ4v) is 1.91. The first-order valence-electron chi connectivity index (χ1n) is 4.50. The van der Waals surface area contributed by atoms with Gasteiger partial charge in [-0.05, 0) is 31.4 Å². The average Bonchev–Trinajstić information content (AvgIpc) is 2.27. The first kappa shape index (κ1) is 12.6. The Balaban J connectivity index is 3.17. The Morgan fingerprint density at radius 1 is 1.53 bits per heavy atom. The fourth-order valence-electron chi connectivity index (χ4n) is 1.22. The smallest absolute Gasteiger partial charge is 0.179 e. The van der Waals surface area contributed by atoms with Crippen molar-refractivity contribution in [1.29, 1.82) is 0 Å². The van der Waals surface area contributed by atoms with Crippen LogP contribution in [0.2, 0.25) is 0 Å². The molecule has 1 atom stereocenters. The number of carbonyl (C=O) groups is 1. The standard InChI is InChI=1S/C11H13BrO2S/c1-7(12)11(13)9-6-8(15-3)4-5-10(9)14-2/h4-7H,1-3H3. The third-order valence-electron chi connectivity index (χ3n) is 2.03. The number of carbonyl (C=O) groups excluding carboxylic acids is 1. The van der Waals surface area contributed by atoms with Crippen LogP contribution in [0.3, 0.4) is 0 Å². The molecule has 0 bridgehead atoms. The highest BCUT2D eigenvalue weighted by Crippen LogP contribution is 2.26. The normalized spacial score (nSPS) is 12.3. The van der Waals surface area contributed by atoms with E-state index in [2.05, 4.69) is 15.9 Å². The third-order valence-corrected chi connectivity index (χ3v) is 3.17. The van der Waals surface area contributed by atoms with E-state index in [9.17, 15) is 4.79 Å². The molecule has 4 heteroatoms. The number of halogens is 1. The van der Waals surface area contributed by atoms with Gasteiger partial charge >= 0.3 is 0 Å². The van der Waals surface area contributed by atoms with Gasteiger partial charge in [0.25, 0.3) is 0 Å². The number of hydrogen-bond donors (Lipinski definition) is 0. The Hall–Kier alpha value is -0.480. The van der Waals surface area contributed by atoms with E-state index >= 15 is 0 Å². The first-order chi connectivity index (χ1) is 7.10. The maximum atomic E-state index is 11.9. The minimum atomic E-state index is -0.191. The van der Waals surface area contributed by atoms with Gasteiger partial charge in [0.2, 0.25) is 0 Å². The summed E-state index contributed by atoms with van der Waals surface area (Å²) >= 11 is 4.88. The van der Waals surface area contributed by atoms with Gasteiger partial charge in [0.05, 0.1) is 17.5 Å². The van der Waals surface area contributed by atoms with Crippen molar-refractivity contribution in [3.63, 3.8) is 0 Å². The molecule has 82 valence electrons. The van der Waals surface area contributed by atoms with Crippen LogP contribution in [0.15, 0.2) is 23.1 Å². The molecule has 0 saturated carbocycles.